The molecule has 2 aliphatic rings. The zero-order valence-corrected chi connectivity index (χ0v) is 42.6. The van der Waals surface area contributed by atoms with Crippen molar-refractivity contribution < 1.29 is 51.7 Å². The smallest absolute Gasteiger partial charge is 0.419 e. The number of carbonyl (C=O) groups is 4. The van der Waals surface area contributed by atoms with Crippen LogP contribution in [0.1, 0.15) is 76.4 Å². The van der Waals surface area contributed by atoms with Crippen molar-refractivity contribution in [2.75, 3.05) is 36.2 Å². The van der Waals surface area contributed by atoms with Gasteiger partial charge in [0.15, 0.2) is 10.8 Å². The molecule has 3 aromatic carbocycles. The lowest BCUT2D eigenvalue weighted by atomic mass is 9.85. The minimum Gasteiger partial charge on any atom is -0.494 e. The number of hydrogen-bond acceptors (Lipinski definition) is 13. The number of hydrogen-bond donors (Lipinski definition) is 3. The highest BCUT2D eigenvalue weighted by atomic mass is 32.1. The summed E-state index contributed by atoms with van der Waals surface area (Å²) >= 11 is 7.17. The molecule has 4 amide bonds. The second kappa shape index (κ2) is 22.4. The fraction of sp³-hybridized carbons (Fsp3) is 0.385. The van der Waals surface area contributed by atoms with E-state index in [1.807, 2.05) is 52.0 Å². The molecule has 3 atom stereocenters. The lowest BCUT2D eigenvalue weighted by molar-refractivity contribution is -0.144. The Labute approximate surface area is 430 Å². The van der Waals surface area contributed by atoms with Crippen molar-refractivity contribution in [3.05, 3.63) is 113 Å². The number of β-amino-alcohol motifs (C(OH)–C–C–N with tert-alkyl or cyclic N) is 1. The molecule has 0 saturated carbocycles. The van der Waals surface area contributed by atoms with Gasteiger partial charge in [0.25, 0.3) is 5.91 Å². The molecule has 0 aliphatic carbocycles. The van der Waals surface area contributed by atoms with Crippen LogP contribution in [0, 0.1) is 23.7 Å². The van der Waals surface area contributed by atoms with E-state index in [1.54, 1.807) is 79.2 Å². The number of anilines is 2. The number of aliphatic hydroxyl groups is 1. The van der Waals surface area contributed by atoms with Gasteiger partial charge in [-0.25, -0.2) is 9.97 Å². The summed E-state index contributed by atoms with van der Waals surface area (Å²) in [4.78, 5) is 66.9. The molecule has 7 rings (SSSR count). The van der Waals surface area contributed by atoms with Crippen LogP contribution in [0.25, 0.3) is 10.4 Å². The van der Waals surface area contributed by atoms with Crippen LogP contribution in [0.15, 0.2) is 90.6 Å². The molecule has 0 bridgehead atoms. The number of alkyl halides is 3. The van der Waals surface area contributed by atoms with E-state index in [0.29, 0.717) is 48.5 Å². The number of aliphatic hydroxyl groups excluding tert-OH is 1. The lowest BCUT2D eigenvalue weighted by Crippen LogP contribution is -2.58. The Morgan fingerprint density at radius 3 is 2.22 bits per heavy atom. The number of nitrogens with one attached hydrogen (secondary N) is 2. The van der Waals surface area contributed by atoms with Crippen LogP contribution in [-0.2, 0) is 36.6 Å². The summed E-state index contributed by atoms with van der Waals surface area (Å²) in [6.45, 7) is 11.1. The topological polar surface area (TPSA) is 200 Å². The lowest BCUT2D eigenvalue weighted by Gasteiger charge is -2.35. The fourth-order valence-electron chi connectivity index (χ4n) is 8.38. The van der Waals surface area contributed by atoms with Gasteiger partial charge in [0.2, 0.25) is 17.7 Å². The first kappa shape index (κ1) is 53.8. The predicted octanol–water partition coefficient (Wildman–Crippen LogP) is 8.10. The SMILES string of the molecule is Cc1ncsc1-c1ccc(CNC(=O)[C@@H]2C[C@@H](O)CN2C(=O)[C@@H](NC(=O)COCCCCOc2ccc(Oc3ccc(N4C(=S)N(c5cnc(C#N)c(C(F)(F)F)c5)C(=O)C4(C)C)cc3)cc2)C(C)(C)C)cc1. The van der Waals surface area contributed by atoms with E-state index in [1.165, 1.54) is 15.9 Å². The summed E-state index contributed by atoms with van der Waals surface area (Å²) in [5, 5.41) is 25.4. The van der Waals surface area contributed by atoms with Crippen LogP contribution in [0.2, 0.25) is 0 Å². The number of nitrogens with zero attached hydrogens (tertiary/aromatic N) is 6. The van der Waals surface area contributed by atoms with Gasteiger partial charge in [-0.3, -0.25) is 24.1 Å². The molecule has 16 nitrogen and oxygen atoms in total. The van der Waals surface area contributed by atoms with Gasteiger partial charge in [0.1, 0.15) is 47.5 Å². The minimum absolute atomic E-state index is 0.0391. The van der Waals surface area contributed by atoms with Crippen LogP contribution >= 0.6 is 23.6 Å². The average Bonchev–Trinajstić information content (AvgIpc) is 4.01. The van der Waals surface area contributed by atoms with Gasteiger partial charge in [0.05, 0.1) is 46.2 Å². The molecule has 3 N–H and O–H groups in total. The maximum atomic E-state index is 14.0. The van der Waals surface area contributed by atoms with Gasteiger partial charge in [-0.2, -0.15) is 18.4 Å². The molecule has 73 heavy (non-hydrogen) atoms. The average molecular weight is 1040 g/mol. The highest BCUT2D eigenvalue weighted by Gasteiger charge is 2.51. The number of amides is 4. The van der Waals surface area contributed by atoms with Gasteiger partial charge in [-0.15, -0.1) is 11.3 Å². The Hall–Kier alpha value is -6.99. The Morgan fingerprint density at radius 1 is 0.959 bits per heavy atom. The molecule has 2 aliphatic heterocycles. The van der Waals surface area contributed by atoms with E-state index in [4.69, 9.17) is 31.7 Å². The third kappa shape index (κ3) is 12.6. The largest absolute Gasteiger partial charge is 0.494 e. The number of unbranched alkanes of at least 4 members (excludes halogenated alkanes) is 1. The Morgan fingerprint density at radius 2 is 1.60 bits per heavy atom. The maximum absolute atomic E-state index is 14.0. The summed E-state index contributed by atoms with van der Waals surface area (Å²) in [5.41, 5.74) is 0.839. The molecule has 0 radical (unpaired) electrons. The molecule has 384 valence electrons. The Balaban J connectivity index is 0.824. The van der Waals surface area contributed by atoms with Crippen molar-refractivity contribution in [1.82, 2.24) is 25.5 Å². The zero-order chi connectivity index (χ0) is 52.8. The number of benzene rings is 3. The Bertz CT molecular complexity index is 2870. The molecule has 0 spiro atoms. The van der Waals surface area contributed by atoms with E-state index < -0.39 is 70.2 Å². The van der Waals surface area contributed by atoms with Crippen molar-refractivity contribution in [1.29, 1.82) is 5.26 Å². The fourth-order valence-corrected chi connectivity index (χ4v) is 9.72. The van der Waals surface area contributed by atoms with Crippen LogP contribution in [0.5, 0.6) is 17.2 Å². The predicted molar refractivity (Wildman–Crippen MR) is 271 cm³/mol. The molecule has 5 aromatic rings. The number of likely N-dealkylation sites (tertiary alicyclic amines) is 1. The van der Waals surface area contributed by atoms with Crippen LogP contribution in [-0.4, -0.2) is 98.8 Å². The van der Waals surface area contributed by atoms with Crippen molar-refractivity contribution >= 4 is 63.7 Å². The molecule has 0 unspecified atom stereocenters. The molecular weight excluding hydrogens is 986 g/mol. The third-order valence-electron chi connectivity index (χ3n) is 12.3. The van der Waals surface area contributed by atoms with Crippen molar-refractivity contribution in [2.45, 2.75) is 97.3 Å². The van der Waals surface area contributed by atoms with E-state index in [0.717, 1.165) is 32.8 Å². The first-order valence-electron chi connectivity index (χ1n) is 23.4. The van der Waals surface area contributed by atoms with E-state index in [2.05, 4.69) is 20.6 Å². The van der Waals surface area contributed by atoms with E-state index >= 15 is 0 Å². The van der Waals surface area contributed by atoms with Crippen molar-refractivity contribution in [2.24, 2.45) is 5.41 Å². The summed E-state index contributed by atoms with van der Waals surface area (Å²) in [6.07, 6.45) is -3.48. The molecule has 2 aromatic heterocycles. The number of rotatable bonds is 18. The first-order chi connectivity index (χ1) is 34.6. The molecule has 2 fully saturated rings. The number of halogens is 3. The van der Waals surface area contributed by atoms with Gasteiger partial charge >= 0.3 is 6.18 Å². The van der Waals surface area contributed by atoms with Gasteiger partial charge in [-0.1, -0.05) is 45.0 Å². The number of nitriles is 1. The normalized spacial score (nSPS) is 17.1. The molecule has 2 saturated heterocycles. The van der Waals surface area contributed by atoms with Gasteiger partial charge in [-0.05, 0) is 117 Å². The number of carbonyl (C=O) groups excluding carboxylic acids is 4. The number of aromatic nitrogens is 2. The zero-order valence-electron chi connectivity index (χ0n) is 41.0. The Kier molecular flexibility index (Phi) is 16.5. The van der Waals surface area contributed by atoms with Crippen LogP contribution in [0.4, 0.5) is 24.5 Å². The molecular formula is C52H55F3N8O8S2. The maximum Gasteiger partial charge on any atom is 0.419 e. The highest BCUT2D eigenvalue weighted by Crippen LogP contribution is 2.40. The van der Waals surface area contributed by atoms with Crippen molar-refractivity contribution in [3.63, 3.8) is 0 Å². The third-order valence-corrected chi connectivity index (χ3v) is 13.6. The summed E-state index contributed by atoms with van der Waals surface area (Å²) in [6, 6.07) is 21.6. The van der Waals surface area contributed by atoms with E-state index in [9.17, 15) is 37.5 Å². The summed E-state index contributed by atoms with van der Waals surface area (Å²) in [5.74, 6) is -0.361. The molecule has 21 heteroatoms. The highest BCUT2D eigenvalue weighted by molar-refractivity contribution is 7.81. The second-order valence-corrected chi connectivity index (χ2v) is 20.4. The number of pyridine rings is 1. The van der Waals surface area contributed by atoms with Crippen LogP contribution in [0.3, 0.4) is 0 Å². The minimum atomic E-state index is -4.88. The number of thiocarbonyl (C=S) groups is 1. The molecule has 4 heterocycles. The summed E-state index contributed by atoms with van der Waals surface area (Å²) in [7, 11) is 0. The monoisotopic (exact) mass is 1040 g/mol. The quantitative estimate of drug-likeness (QED) is 0.0563. The standard InChI is InChI=1S/C52H55F3N8O8S2/c1-31-44(73-30-59-31)33-11-9-32(10-12-33)26-58-46(66)42-24-36(64)28-61(42)47(67)45(50(2,3)4)60-43(65)29-69-21-7-8-22-70-37-17-19-39(20-18-37)71-38-15-13-34(14-16-38)63-49(72)62(48(68)51(63,5)6)35-23-40(52(53,54)55)41(25-56)57-27-35/h9-20,23,27,30,36,42,45,64H,7-8,21-22,24,26,28-29H2,1-6H3,(H,58,66)(H,60,65)/t36-,42+,45-/m1/s1. The van der Waals surface area contributed by atoms with Crippen LogP contribution < -0.4 is 29.9 Å². The number of aryl methyl sites for hydroxylation is 1. The first-order valence-corrected chi connectivity index (χ1v) is 24.6. The summed E-state index contributed by atoms with van der Waals surface area (Å²) < 4.78 is 58.7. The number of thiazole rings is 1. The van der Waals surface area contributed by atoms with E-state index in [-0.39, 0.29) is 43.5 Å². The number of ether oxygens (including phenoxy) is 3. The van der Waals surface area contributed by atoms with Crippen molar-refractivity contribution in [3.8, 4) is 33.8 Å². The van der Waals surface area contributed by atoms with Gasteiger partial charge < -0.3 is 39.8 Å². The van der Waals surface area contributed by atoms with Gasteiger partial charge in [0, 0.05) is 31.8 Å². The second-order valence-electron chi connectivity index (χ2n) is 19.1.